The molecule has 0 unspecified atom stereocenters. The third-order valence-corrected chi connectivity index (χ3v) is 6.36. The van der Waals surface area contributed by atoms with Crippen LogP contribution in [0.1, 0.15) is 34.3 Å². The van der Waals surface area contributed by atoms with Gasteiger partial charge in [0, 0.05) is 25.3 Å². The number of hydrogen-bond acceptors (Lipinski definition) is 5. The lowest BCUT2D eigenvalue weighted by Crippen LogP contribution is -2.32. The van der Waals surface area contributed by atoms with Crippen molar-refractivity contribution < 1.29 is 35.9 Å². The molecular formula is C22H25F3N2O5S. The predicted octanol–water partition coefficient (Wildman–Crippen LogP) is 3.15. The summed E-state index contributed by atoms with van der Waals surface area (Å²) in [6.45, 7) is -0.527. The summed E-state index contributed by atoms with van der Waals surface area (Å²) in [7, 11) is -3.78. The Hall–Kier alpha value is -2.47. The molecule has 0 aromatic heterocycles. The fourth-order valence-electron chi connectivity index (χ4n) is 3.22. The molecule has 1 saturated heterocycles. The molecule has 33 heavy (non-hydrogen) atoms. The van der Waals surface area contributed by atoms with Gasteiger partial charge in [0.2, 0.25) is 10.0 Å². The van der Waals surface area contributed by atoms with Crippen LogP contribution in [-0.2, 0) is 32.6 Å². The van der Waals surface area contributed by atoms with Crippen molar-refractivity contribution in [2.24, 2.45) is 0 Å². The number of sulfonamides is 1. The lowest BCUT2D eigenvalue weighted by atomic mass is 10.1. The molecule has 2 aromatic rings. The first kappa shape index (κ1) is 25.2. The van der Waals surface area contributed by atoms with Crippen LogP contribution in [0.15, 0.2) is 53.4 Å². The maximum atomic E-state index is 12.5. The van der Waals surface area contributed by atoms with Crippen LogP contribution in [0.5, 0.6) is 0 Å². The number of ether oxygens (including phenoxy) is 2. The molecule has 1 heterocycles. The molecule has 180 valence electrons. The third kappa shape index (κ3) is 8.11. The number of alkyl halides is 3. The molecule has 2 aromatic carbocycles. The van der Waals surface area contributed by atoms with E-state index in [0.29, 0.717) is 12.2 Å². The molecule has 0 spiro atoms. The average Bonchev–Trinajstić information content (AvgIpc) is 3.30. The molecule has 7 nitrogen and oxygen atoms in total. The van der Waals surface area contributed by atoms with E-state index >= 15 is 0 Å². The summed E-state index contributed by atoms with van der Waals surface area (Å²) < 4.78 is 74.0. The van der Waals surface area contributed by atoms with Crippen LogP contribution in [0, 0.1) is 0 Å². The van der Waals surface area contributed by atoms with Crippen LogP contribution in [-0.4, -0.2) is 46.4 Å². The second kappa shape index (κ2) is 11.1. The second-order valence-electron chi connectivity index (χ2n) is 7.62. The molecule has 1 aliphatic heterocycles. The number of rotatable bonds is 10. The highest BCUT2D eigenvalue weighted by molar-refractivity contribution is 7.89. The molecule has 1 atom stereocenters. The van der Waals surface area contributed by atoms with Crippen LogP contribution in [0.4, 0.5) is 13.2 Å². The van der Waals surface area contributed by atoms with Crippen molar-refractivity contribution in [3.63, 3.8) is 0 Å². The first-order valence-corrected chi connectivity index (χ1v) is 11.8. The van der Waals surface area contributed by atoms with Crippen LogP contribution < -0.4 is 10.0 Å². The zero-order valence-electron chi connectivity index (χ0n) is 17.7. The molecule has 0 aliphatic carbocycles. The van der Waals surface area contributed by atoms with Crippen molar-refractivity contribution in [2.75, 3.05) is 19.8 Å². The Morgan fingerprint density at radius 3 is 2.52 bits per heavy atom. The van der Waals surface area contributed by atoms with Crippen molar-refractivity contribution in [1.29, 1.82) is 0 Å². The Labute approximate surface area is 190 Å². The predicted molar refractivity (Wildman–Crippen MR) is 114 cm³/mol. The minimum atomic E-state index is -4.37. The standard InChI is InChI=1S/C22H25F3N2O5S/c23-22(24,25)15-31-14-17-8-6-16(7-9-17)12-26-21(28)18-3-1-5-20(11-18)33(29,30)27-13-19-4-2-10-32-19/h1,3,5-9,11,19,27H,2,4,10,12-15H2,(H,26,28)/t19-/m0/s1. The molecule has 2 N–H and O–H groups in total. The number of halogens is 3. The summed E-state index contributed by atoms with van der Waals surface area (Å²) in [6, 6.07) is 12.3. The van der Waals surface area contributed by atoms with Crippen molar-refractivity contribution in [1.82, 2.24) is 10.0 Å². The molecule has 0 saturated carbocycles. The highest BCUT2D eigenvalue weighted by atomic mass is 32.2. The van der Waals surface area contributed by atoms with E-state index in [4.69, 9.17) is 4.74 Å². The van der Waals surface area contributed by atoms with Gasteiger partial charge >= 0.3 is 6.18 Å². The van der Waals surface area contributed by atoms with Gasteiger partial charge < -0.3 is 14.8 Å². The van der Waals surface area contributed by atoms with E-state index in [0.717, 1.165) is 18.4 Å². The Morgan fingerprint density at radius 1 is 1.12 bits per heavy atom. The van der Waals surface area contributed by atoms with Gasteiger partial charge in [0.05, 0.1) is 17.6 Å². The number of nitrogens with one attached hydrogen (secondary N) is 2. The number of carbonyl (C=O) groups is 1. The first-order chi connectivity index (χ1) is 15.6. The van der Waals surface area contributed by atoms with Gasteiger partial charge in [-0.25, -0.2) is 13.1 Å². The van der Waals surface area contributed by atoms with E-state index in [2.05, 4.69) is 14.8 Å². The monoisotopic (exact) mass is 486 g/mol. The molecule has 1 aliphatic rings. The van der Waals surface area contributed by atoms with Gasteiger partial charge in [0.1, 0.15) is 6.61 Å². The van der Waals surface area contributed by atoms with Crippen LogP contribution in [0.2, 0.25) is 0 Å². The smallest absolute Gasteiger partial charge is 0.377 e. The quantitative estimate of drug-likeness (QED) is 0.538. The highest BCUT2D eigenvalue weighted by Crippen LogP contribution is 2.17. The highest BCUT2D eigenvalue weighted by Gasteiger charge is 2.27. The molecule has 0 radical (unpaired) electrons. The van der Waals surface area contributed by atoms with Crippen LogP contribution in [0.3, 0.4) is 0 Å². The Morgan fingerprint density at radius 2 is 1.85 bits per heavy atom. The fraction of sp³-hybridized carbons (Fsp3) is 0.409. The normalized spacial score (nSPS) is 16.6. The fourth-order valence-corrected chi connectivity index (χ4v) is 4.33. The van der Waals surface area contributed by atoms with Gasteiger partial charge in [0.25, 0.3) is 5.91 Å². The van der Waals surface area contributed by atoms with E-state index in [9.17, 15) is 26.4 Å². The molecular weight excluding hydrogens is 461 g/mol. The largest absolute Gasteiger partial charge is 0.411 e. The van der Waals surface area contributed by atoms with E-state index in [1.54, 1.807) is 24.3 Å². The topological polar surface area (TPSA) is 93.7 Å². The molecule has 11 heteroatoms. The Kier molecular flexibility index (Phi) is 8.46. The maximum Gasteiger partial charge on any atom is 0.411 e. The van der Waals surface area contributed by atoms with E-state index in [1.165, 1.54) is 24.3 Å². The lowest BCUT2D eigenvalue weighted by molar-refractivity contribution is -0.176. The van der Waals surface area contributed by atoms with Gasteiger partial charge in [0.15, 0.2) is 0 Å². The zero-order chi connectivity index (χ0) is 23.9. The Bertz CT molecular complexity index is 1040. The van der Waals surface area contributed by atoms with E-state index < -0.39 is 28.7 Å². The summed E-state index contributed by atoms with van der Waals surface area (Å²) >= 11 is 0. The van der Waals surface area contributed by atoms with Gasteiger partial charge in [-0.15, -0.1) is 0 Å². The lowest BCUT2D eigenvalue weighted by Gasteiger charge is -2.12. The number of carbonyl (C=O) groups excluding carboxylic acids is 1. The summed E-state index contributed by atoms with van der Waals surface area (Å²) in [5.41, 5.74) is 1.49. The maximum absolute atomic E-state index is 12.5. The molecule has 1 amide bonds. The summed E-state index contributed by atoms with van der Waals surface area (Å²) in [6.07, 6.45) is -2.82. The average molecular weight is 487 g/mol. The van der Waals surface area contributed by atoms with Gasteiger partial charge in [-0.1, -0.05) is 30.3 Å². The Balaban J connectivity index is 1.52. The second-order valence-corrected chi connectivity index (χ2v) is 9.39. The molecule has 1 fully saturated rings. The zero-order valence-corrected chi connectivity index (χ0v) is 18.5. The minimum absolute atomic E-state index is 0.0173. The van der Waals surface area contributed by atoms with Crippen molar-refractivity contribution in [3.8, 4) is 0 Å². The van der Waals surface area contributed by atoms with Crippen LogP contribution in [0.25, 0.3) is 0 Å². The van der Waals surface area contributed by atoms with Crippen molar-refractivity contribution >= 4 is 15.9 Å². The summed E-state index contributed by atoms with van der Waals surface area (Å²) in [5.74, 6) is -0.455. The molecule has 0 bridgehead atoms. The number of amides is 1. The van der Waals surface area contributed by atoms with Gasteiger partial charge in [-0.05, 0) is 42.2 Å². The number of benzene rings is 2. The van der Waals surface area contributed by atoms with E-state index in [1.807, 2.05) is 0 Å². The van der Waals surface area contributed by atoms with Crippen LogP contribution >= 0.6 is 0 Å². The third-order valence-electron chi connectivity index (χ3n) is 4.94. The van der Waals surface area contributed by atoms with E-state index in [-0.39, 0.29) is 36.3 Å². The van der Waals surface area contributed by atoms with Crippen molar-refractivity contribution in [3.05, 3.63) is 65.2 Å². The summed E-state index contributed by atoms with van der Waals surface area (Å²) in [5, 5.41) is 2.70. The minimum Gasteiger partial charge on any atom is -0.377 e. The van der Waals surface area contributed by atoms with Gasteiger partial charge in [-0.3, -0.25) is 4.79 Å². The van der Waals surface area contributed by atoms with Crippen molar-refractivity contribution in [2.45, 2.75) is 43.2 Å². The van der Waals surface area contributed by atoms with Gasteiger partial charge in [-0.2, -0.15) is 13.2 Å². The molecule has 3 rings (SSSR count). The number of hydrogen-bond donors (Lipinski definition) is 2. The summed E-state index contributed by atoms with van der Waals surface area (Å²) in [4.78, 5) is 12.5. The first-order valence-electron chi connectivity index (χ1n) is 10.3. The SMILES string of the molecule is O=C(NCc1ccc(COCC(F)(F)F)cc1)c1cccc(S(=O)(=O)NC[C@@H]2CCCO2)c1.